The molecular weight excluding hydrogens is 302 g/mol. The van der Waals surface area contributed by atoms with Crippen molar-refractivity contribution in [2.45, 2.75) is 26.4 Å². The van der Waals surface area contributed by atoms with E-state index >= 15 is 0 Å². The van der Waals surface area contributed by atoms with Crippen molar-refractivity contribution < 1.29 is 0 Å². The molecule has 1 aromatic rings. The number of hydrogen-bond donors (Lipinski definition) is 1. The number of piperazine rings is 1. The van der Waals surface area contributed by atoms with Gasteiger partial charge in [0.2, 0.25) is 0 Å². The lowest BCUT2D eigenvalue weighted by molar-refractivity contribution is 0.312. The molecule has 0 atom stereocenters. The van der Waals surface area contributed by atoms with Crippen LogP contribution in [0.25, 0.3) is 0 Å². The standard InChI is InChI=1S/C15H24BrN3/c1-12(2)17-11-13-4-5-15(14(16)10-13)19-8-6-18(3)7-9-19/h4-5,10,12,17H,6-9,11H2,1-3H3. The van der Waals surface area contributed by atoms with Gasteiger partial charge in [-0.15, -0.1) is 0 Å². The number of nitrogens with one attached hydrogen (secondary N) is 1. The third-order valence-corrected chi connectivity index (χ3v) is 4.21. The molecule has 1 saturated heterocycles. The fourth-order valence-electron chi connectivity index (χ4n) is 2.29. The zero-order valence-electron chi connectivity index (χ0n) is 12.1. The average Bonchev–Trinajstić information content (AvgIpc) is 2.38. The molecule has 0 aliphatic carbocycles. The molecule has 1 N–H and O–H groups in total. The third-order valence-electron chi connectivity index (χ3n) is 3.57. The Balaban J connectivity index is 2.02. The Bertz CT molecular complexity index is 412. The maximum absolute atomic E-state index is 3.72. The molecule has 1 heterocycles. The summed E-state index contributed by atoms with van der Waals surface area (Å²) >= 11 is 3.72. The molecule has 1 fully saturated rings. The van der Waals surface area contributed by atoms with Crippen molar-refractivity contribution in [1.82, 2.24) is 10.2 Å². The van der Waals surface area contributed by atoms with Crippen LogP contribution in [-0.2, 0) is 6.54 Å². The molecule has 0 aromatic heterocycles. The van der Waals surface area contributed by atoms with E-state index in [9.17, 15) is 0 Å². The van der Waals surface area contributed by atoms with Crippen LogP contribution < -0.4 is 10.2 Å². The normalized spacial score (nSPS) is 17.2. The van der Waals surface area contributed by atoms with Crippen molar-refractivity contribution in [3.63, 3.8) is 0 Å². The minimum absolute atomic E-state index is 0.524. The second-order valence-electron chi connectivity index (χ2n) is 5.61. The number of anilines is 1. The van der Waals surface area contributed by atoms with Gasteiger partial charge in [0.05, 0.1) is 5.69 Å². The number of halogens is 1. The van der Waals surface area contributed by atoms with E-state index in [2.05, 4.69) is 70.1 Å². The van der Waals surface area contributed by atoms with Crippen LogP contribution in [0.1, 0.15) is 19.4 Å². The Morgan fingerprint density at radius 2 is 1.89 bits per heavy atom. The number of benzene rings is 1. The fourth-order valence-corrected chi connectivity index (χ4v) is 2.96. The molecule has 0 saturated carbocycles. The van der Waals surface area contributed by atoms with Crippen LogP contribution in [0.3, 0.4) is 0 Å². The number of nitrogens with zero attached hydrogens (tertiary/aromatic N) is 2. The first-order valence-corrected chi connectivity index (χ1v) is 7.81. The van der Waals surface area contributed by atoms with Gasteiger partial charge in [-0.2, -0.15) is 0 Å². The van der Waals surface area contributed by atoms with Crippen LogP contribution in [0, 0.1) is 0 Å². The van der Waals surface area contributed by atoms with Gasteiger partial charge in [0.25, 0.3) is 0 Å². The van der Waals surface area contributed by atoms with Crippen LogP contribution in [0.5, 0.6) is 0 Å². The molecule has 19 heavy (non-hydrogen) atoms. The summed E-state index contributed by atoms with van der Waals surface area (Å²) < 4.78 is 1.21. The largest absolute Gasteiger partial charge is 0.368 e. The Hall–Kier alpha value is -0.580. The summed E-state index contributed by atoms with van der Waals surface area (Å²) in [5.41, 5.74) is 2.65. The third kappa shape index (κ3) is 4.20. The van der Waals surface area contributed by atoms with Gasteiger partial charge in [0.1, 0.15) is 0 Å². The molecule has 1 aliphatic heterocycles. The molecule has 1 aromatic carbocycles. The number of likely N-dealkylation sites (N-methyl/N-ethyl adjacent to an activating group) is 1. The molecule has 0 bridgehead atoms. The van der Waals surface area contributed by atoms with Crippen LogP contribution in [-0.4, -0.2) is 44.2 Å². The average molecular weight is 326 g/mol. The molecule has 2 rings (SSSR count). The maximum atomic E-state index is 3.72. The topological polar surface area (TPSA) is 18.5 Å². The smallest absolute Gasteiger partial charge is 0.0511 e. The van der Waals surface area contributed by atoms with Crippen LogP contribution in [0.2, 0.25) is 0 Å². The van der Waals surface area contributed by atoms with Gasteiger partial charge >= 0.3 is 0 Å². The first-order valence-electron chi connectivity index (χ1n) is 7.01. The summed E-state index contributed by atoms with van der Waals surface area (Å²) in [5, 5.41) is 3.45. The summed E-state index contributed by atoms with van der Waals surface area (Å²) in [5.74, 6) is 0. The van der Waals surface area contributed by atoms with E-state index in [1.807, 2.05) is 0 Å². The van der Waals surface area contributed by atoms with E-state index in [0.717, 1.165) is 32.7 Å². The number of hydrogen-bond acceptors (Lipinski definition) is 3. The van der Waals surface area contributed by atoms with Crippen LogP contribution >= 0.6 is 15.9 Å². The lowest BCUT2D eigenvalue weighted by Crippen LogP contribution is -2.44. The summed E-state index contributed by atoms with van der Waals surface area (Å²) in [7, 11) is 2.19. The van der Waals surface area contributed by atoms with Gasteiger partial charge in [-0.25, -0.2) is 0 Å². The molecule has 3 nitrogen and oxygen atoms in total. The maximum Gasteiger partial charge on any atom is 0.0511 e. The van der Waals surface area contributed by atoms with E-state index < -0.39 is 0 Å². The van der Waals surface area contributed by atoms with Gasteiger partial charge in [0, 0.05) is 43.2 Å². The van der Waals surface area contributed by atoms with E-state index in [-0.39, 0.29) is 0 Å². The first-order chi connectivity index (χ1) is 9.06. The monoisotopic (exact) mass is 325 g/mol. The van der Waals surface area contributed by atoms with Crippen molar-refractivity contribution in [3.05, 3.63) is 28.2 Å². The minimum atomic E-state index is 0.524. The number of rotatable bonds is 4. The summed E-state index contributed by atoms with van der Waals surface area (Å²) in [6.07, 6.45) is 0. The van der Waals surface area contributed by atoms with E-state index in [1.54, 1.807) is 0 Å². The fraction of sp³-hybridized carbons (Fsp3) is 0.600. The second kappa shape index (κ2) is 6.73. The summed E-state index contributed by atoms with van der Waals surface area (Å²) in [4.78, 5) is 4.84. The Labute approximate surface area is 125 Å². The molecule has 0 amide bonds. The van der Waals surface area contributed by atoms with E-state index in [1.165, 1.54) is 15.7 Å². The van der Waals surface area contributed by atoms with Crippen molar-refractivity contribution in [3.8, 4) is 0 Å². The highest BCUT2D eigenvalue weighted by Crippen LogP contribution is 2.28. The predicted molar refractivity (Wildman–Crippen MR) is 85.8 cm³/mol. The quantitative estimate of drug-likeness (QED) is 0.918. The van der Waals surface area contributed by atoms with Crippen LogP contribution in [0.15, 0.2) is 22.7 Å². The lowest BCUT2D eigenvalue weighted by Gasteiger charge is -2.34. The van der Waals surface area contributed by atoms with Gasteiger partial charge in [-0.1, -0.05) is 19.9 Å². The highest BCUT2D eigenvalue weighted by Gasteiger charge is 2.16. The van der Waals surface area contributed by atoms with Gasteiger partial charge in [-0.05, 0) is 40.7 Å². The van der Waals surface area contributed by atoms with Crippen molar-refractivity contribution >= 4 is 21.6 Å². The second-order valence-corrected chi connectivity index (χ2v) is 6.47. The lowest BCUT2D eigenvalue weighted by atomic mass is 10.1. The first kappa shape index (κ1) is 14.8. The summed E-state index contributed by atoms with van der Waals surface area (Å²) in [6, 6.07) is 7.24. The van der Waals surface area contributed by atoms with E-state index in [4.69, 9.17) is 0 Å². The molecule has 0 spiro atoms. The van der Waals surface area contributed by atoms with E-state index in [0.29, 0.717) is 6.04 Å². The van der Waals surface area contributed by atoms with Gasteiger partial charge < -0.3 is 15.1 Å². The summed E-state index contributed by atoms with van der Waals surface area (Å²) in [6.45, 7) is 9.78. The Kier molecular flexibility index (Phi) is 5.25. The molecule has 0 radical (unpaired) electrons. The van der Waals surface area contributed by atoms with Crippen LogP contribution in [0.4, 0.5) is 5.69 Å². The molecule has 0 unspecified atom stereocenters. The van der Waals surface area contributed by atoms with Gasteiger partial charge in [-0.3, -0.25) is 0 Å². The predicted octanol–water partition coefficient (Wildman–Crippen LogP) is 2.70. The van der Waals surface area contributed by atoms with Crippen molar-refractivity contribution in [2.75, 3.05) is 38.1 Å². The molecule has 1 aliphatic rings. The molecular formula is C15H24BrN3. The van der Waals surface area contributed by atoms with Crippen molar-refractivity contribution in [2.24, 2.45) is 0 Å². The van der Waals surface area contributed by atoms with Crippen molar-refractivity contribution in [1.29, 1.82) is 0 Å². The van der Waals surface area contributed by atoms with Gasteiger partial charge in [0.15, 0.2) is 0 Å². The molecule has 4 heteroatoms. The highest BCUT2D eigenvalue weighted by atomic mass is 79.9. The SMILES string of the molecule is CC(C)NCc1ccc(N2CCN(C)CC2)c(Br)c1. The zero-order chi connectivity index (χ0) is 13.8. The Morgan fingerprint density at radius 1 is 1.21 bits per heavy atom. The Morgan fingerprint density at radius 3 is 2.47 bits per heavy atom. The highest BCUT2D eigenvalue weighted by molar-refractivity contribution is 9.10. The molecule has 106 valence electrons. The minimum Gasteiger partial charge on any atom is -0.368 e. The zero-order valence-corrected chi connectivity index (χ0v) is 13.7.